The van der Waals surface area contributed by atoms with Gasteiger partial charge >= 0.3 is 0 Å². The zero-order chi connectivity index (χ0) is 14.7. The molecule has 0 aromatic carbocycles. The Labute approximate surface area is 127 Å². The molecule has 21 heavy (non-hydrogen) atoms. The van der Waals surface area contributed by atoms with Crippen molar-refractivity contribution in [1.82, 2.24) is 9.80 Å². The summed E-state index contributed by atoms with van der Waals surface area (Å²) in [5, 5.41) is 9.53. The van der Waals surface area contributed by atoms with Gasteiger partial charge < -0.3 is 14.9 Å². The van der Waals surface area contributed by atoms with E-state index in [0.29, 0.717) is 18.4 Å². The first kappa shape index (κ1) is 14.8. The van der Waals surface area contributed by atoms with Crippen molar-refractivity contribution in [2.75, 3.05) is 26.2 Å². The van der Waals surface area contributed by atoms with E-state index in [9.17, 15) is 9.90 Å². The van der Waals surface area contributed by atoms with Crippen LogP contribution in [0.4, 0.5) is 0 Å². The second-order valence-electron chi connectivity index (χ2n) is 6.43. The van der Waals surface area contributed by atoms with Crippen molar-refractivity contribution in [2.24, 2.45) is 0 Å². The number of carbonyl (C=O) groups excluding carboxylic acids is 1. The van der Waals surface area contributed by atoms with Crippen molar-refractivity contribution in [3.8, 4) is 0 Å². The van der Waals surface area contributed by atoms with Crippen LogP contribution < -0.4 is 0 Å². The number of likely N-dealkylation sites (tertiary alicyclic amines) is 2. The topological polar surface area (TPSA) is 43.8 Å². The number of fused-ring (bicyclic) bond motifs is 1. The number of allylic oxidation sites excluding steroid dienone is 2. The van der Waals surface area contributed by atoms with E-state index in [2.05, 4.69) is 28.0 Å². The lowest BCUT2D eigenvalue weighted by molar-refractivity contribution is -0.134. The lowest BCUT2D eigenvalue weighted by Gasteiger charge is -2.39. The lowest BCUT2D eigenvalue weighted by Crippen LogP contribution is -2.46. The summed E-state index contributed by atoms with van der Waals surface area (Å²) in [6.07, 6.45) is 11.8. The van der Waals surface area contributed by atoms with Gasteiger partial charge in [0.15, 0.2) is 0 Å². The Morgan fingerprint density at radius 1 is 1.19 bits per heavy atom. The Morgan fingerprint density at radius 2 is 2.00 bits per heavy atom. The molecule has 1 atom stereocenters. The fourth-order valence-corrected chi connectivity index (χ4v) is 3.70. The Hall–Kier alpha value is -1.13. The summed E-state index contributed by atoms with van der Waals surface area (Å²) in [6, 6.07) is 0.319. The summed E-state index contributed by atoms with van der Waals surface area (Å²) in [6.45, 7) is 3.89. The van der Waals surface area contributed by atoms with Crippen LogP contribution in [0.3, 0.4) is 0 Å². The fourth-order valence-electron chi connectivity index (χ4n) is 3.70. The molecule has 116 valence electrons. The highest BCUT2D eigenvalue weighted by Crippen LogP contribution is 2.29. The van der Waals surface area contributed by atoms with Crippen LogP contribution in [0.25, 0.3) is 0 Å². The molecule has 2 aliphatic heterocycles. The normalized spacial score (nSPS) is 27.7. The second kappa shape index (κ2) is 6.75. The molecule has 1 aliphatic carbocycles. The molecule has 0 aromatic heterocycles. The first-order valence-corrected chi connectivity index (χ1v) is 8.29. The molecule has 3 rings (SSSR count). The minimum atomic E-state index is -0.105. The first-order chi connectivity index (χ1) is 10.2. The summed E-state index contributed by atoms with van der Waals surface area (Å²) in [7, 11) is 0. The third-order valence-electron chi connectivity index (χ3n) is 4.99. The Morgan fingerprint density at radius 3 is 2.81 bits per heavy atom. The van der Waals surface area contributed by atoms with E-state index in [1.54, 1.807) is 0 Å². The predicted octanol–water partition coefficient (Wildman–Crippen LogP) is 1.71. The predicted molar refractivity (Wildman–Crippen MR) is 82.9 cm³/mol. The van der Waals surface area contributed by atoms with Gasteiger partial charge in [0, 0.05) is 26.1 Å². The van der Waals surface area contributed by atoms with Gasteiger partial charge in [-0.2, -0.15) is 0 Å². The van der Waals surface area contributed by atoms with Crippen LogP contribution in [0.5, 0.6) is 0 Å². The van der Waals surface area contributed by atoms with Crippen molar-refractivity contribution in [1.29, 1.82) is 0 Å². The van der Waals surface area contributed by atoms with Gasteiger partial charge in [-0.05, 0) is 44.2 Å². The molecule has 0 saturated carbocycles. The highest BCUT2D eigenvalue weighted by atomic mass is 16.3. The molecule has 2 fully saturated rings. The molecular formula is C17H26N2O2. The zero-order valence-electron chi connectivity index (χ0n) is 12.7. The van der Waals surface area contributed by atoms with E-state index < -0.39 is 0 Å². The van der Waals surface area contributed by atoms with Crippen molar-refractivity contribution >= 4 is 5.91 Å². The number of rotatable bonds is 4. The molecule has 0 bridgehead atoms. The quantitative estimate of drug-likeness (QED) is 0.857. The summed E-state index contributed by atoms with van der Waals surface area (Å²) < 4.78 is 0. The molecule has 0 aromatic rings. The molecule has 0 spiro atoms. The maximum absolute atomic E-state index is 12.2. The van der Waals surface area contributed by atoms with Gasteiger partial charge in [0.1, 0.15) is 0 Å². The maximum atomic E-state index is 12.2. The van der Waals surface area contributed by atoms with Crippen LogP contribution in [0, 0.1) is 0 Å². The lowest BCUT2D eigenvalue weighted by atomic mass is 9.89. The number of carbonyl (C=O) groups is 1. The van der Waals surface area contributed by atoms with Gasteiger partial charge in [-0.3, -0.25) is 4.79 Å². The van der Waals surface area contributed by atoms with E-state index in [4.69, 9.17) is 0 Å². The Kier molecular flexibility index (Phi) is 4.76. The summed E-state index contributed by atoms with van der Waals surface area (Å²) in [5.41, 5.74) is 1.43. The van der Waals surface area contributed by atoms with Crippen LogP contribution in [0.15, 0.2) is 23.8 Å². The van der Waals surface area contributed by atoms with Crippen molar-refractivity contribution in [3.63, 3.8) is 0 Å². The minimum absolute atomic E-state index is 0.105. The smallest absolute Gasteiger partial charge is 0.223 e. The first-order valence-electron chi connectivity index (χ1n) is 8.29. The van der Waals surface area contributed by atoms with Gasteiger partial charge in [0.25, 0.3) is 0 Å². The van der Waals surface area contributed by atoms with Gasteiger partial charge in [0.05, 0.1) is 12.1 Å². The zero-order valence-corrected chi connectivity index (χ0v) is 12.7. The molecule has 3 aliphatic rings. The fraction of sp³-hybridized carbons (Fsp3) is 0.706. The van der Waals surface area contributed by atoms with E-state index in [0.717, 1.165) is 58.3 Å². The van der Waals surface area contributed by atoms with Crippen LogP contribution in [-0.4, -0.2) is 59.1 Å². The van der Waals surface area contributed by atoms with Gasteiger partial charge in [-0.1, -0.05) is 18.2 Å². The molecule has 2 saturated heterocycles. The van der Waals surface area contributed by atoms with Crippen molar-refractivity contribution < 1.29 is 9.90 Å². The van der Waals surface area contributed by atoms with E-state index >= 15 is 0 Å². The van der Waals surface area contributed by atoms with E-state index in [1.165, 1.54) is 5.57 Å². The highest BCUT2D eigenvalue weighted by Gasteiger charge is 2.31. The van der Waals surface area contributed by atoms with Crippen LogP contribution in [0.1, 0.15) is 38.5 Å². The van der Waals surface area contributed by atoms with Gasteiger partial charge in [-0.25, -0.2) is 0 Å². The monoisotopic (exact) mass is 290 g/mol. The number of amides is 1. The number of aliphatic hydroxyl groups is 1. The summed E-state index contributed by atoms with van der Waals surface area (Å²) >= 11 is 0. The average Bonchev–Trinajstić information content (AvgIpc) is 2.51. The SMILES string of the molecule is O=C1CCC2=CC=CCC2N1CCCN1CCC(O)CC1. The largest absolute Gasteiger partial charge is 0.393 e. The molecule has 1 unspecified atom stereocenters. The van der Waals surface area contributed by atoms with Crippen LogP contribution >= 0.6 is 0 Å². The van der Waals surface area contributed by atoms with Gasteiger partial charge in [-0.15, -0.1) is 0 Å². The number of hydrogen-bond acceptors (Lipinski definition) is 3. The number of aliphatic hydroxyl groups excluding tert-OH is 1. The molecule has 0 radical (unpaired) electrons. The summed E-state index contributed by atoms with van der Waals surface area (Å²) in [4.78, 5) is 16.7. The van der Waals surface area contributed by atoms with Crippen LogP contribution in [-0.2, 0) is 4.79 Å². The molecule has 4 nitrogen and oxygen atoms in total. The highest BCUT2D eigenvalue weighted by molar-refractivity contribution is 5.79. The third kappa shape index (κ3) is 3.55. The number of hydrogen-bond donors (Lipinski definition) is 1. The Bertz CT molecular complexity index is 436. The maximum Gasteiger partial charge on any atom is 0.223 e. The second-order valence-corrected chi connectivity index (χ2v) is 6.43. The third-order valence-corrected chi connectivity index (χ3v) is 4.99. The van der Waals surface area contributed by atoms with E-state index in [-0.39, 0.29) is 6.10 Å². The molecule has 2 heterocycles. The standard InChI is InChI=1S/C17H26N2O2/c20-15-8-12-18(13-9-15)10-3-11-19-16-5-2-1-4-14(16)6-7-17(19)21/h1-2,4,15-16,20H,3,5-13H2. The van der Waals surface area contributed by atoms with Crippen LogP contribution in [0.2, 0.25) is 0 Å². The van der Waals surface area contributed by atoms with Gasteiger partial charge in [0.2, 0.25) is 5.91 Å². The average molecular weight is 290 g/mol. The molecule has 4 heteroatoms. The van der Waals surface area contributed by atoms with E-state index in [1.807, 2.05) is 0 Å². The number of piperidine rings is 2. The van der Waals surface area contributed by atoms with Crippen molar-refractivity contribution in [2.45, 2.75) is 50.7 Å². The number of nitrogens with zero attached hydrogens (tertiary/aromatic N) is 2. The molecule has 1 amide bonds. The Balaban J connectivity index is 1.48. The molecular weight excluding hydrogens is 264 g/mol. The minimum Gasteiger partial charge on any atom is -0.393 e. The van der Waals surface area contributed by atoms with Crippen molar-refractivity contribution in [3.05, 3.63) is 23.8 Å². The molecule has 1 N–H and O–H groups in total. The summed E-state index contributed by atoms with van der Waals surface area (Å²) in [5.74, 6) is 0.321.